The lowest BCUT2D eigenvalue weighted by atomic mass is 9.79. The summed E-state index contributed by atoms with van der Waals surface area (Å²) in [6.45, 7) is 4.60. The number of rotatable bonds is 2. The van der Waals surface area contributed by atoms with Crippen molar-refractivity contribution in [2.24, 2.45) is 11.8 Å². The molecule has 0 aromatic rings. The Morgan fingerprint density at radius 3 is 2.60 bits per heavy atom. The van der Waals surface area contributed by atoms with Gasteiger partial charge in [0.2, 0.25) is 0 Å². The van der Waals surface area contributed by atoms with Crippen LogP contribution in [0.5, 0.6) is 0 Å². The Labute approximate surface area is 102 Å². The van der Waals surface area contributed by atoms with Gasteiger partial charge in [0.15, 0.2) is 0 Å². The van der Waals surface area contributed by atoms with Gasteiger partial charge in [-0.3, -0.25) is 0 Å². The first-order valence-electron chi connectivity index (χ1n) is 6.44. The monoisotopic (exact) mass is 274 g/mol. The smallest absolute Gasteiger partial charge is 0.0582 e. The molecule has 1 aliphatic heterocycles. The topological polar surface area (TPSA) is 9.23 Å². The lowest BCUT2D eigenvalue weighted by Crippen LogP contribution is -2.27. The van der Waals surface area contributed by atoms with Crippen LogP contribution in [0, 0.1) is 11.8 Å². The molecule has 2 heteroatoms. The molecule has 0 amide bonds. The lowest BCUT2D eigenvalue weighted by molar-refractivity contribution is 0.0357. The molecular weight excluding hydrogens is 252 g/mol. The molecule has 5 atom stereocenters. The summed E-state index contributed by atoms with van der Waals surface area (Å²) >= 11 is 3.85. The second kappa shape index (κ2) is 5.18. The first-order valence-corrected chi connectivity index (χ1v) is 7.36. The van der Waals surface area contributed by atoms with Crippen LogP contribution in [0.2, 0.25) is 0 Å². The molecule has 1 heterocycles. The fourth-order valence-corrected chi connectivity index (χ4v) is 3.80. The third-order valence-corrected chi connectivity index (χ3v) is 5.24. The minimum absolute atomic E-state index is 0.504. The third-order valence-electron chi connectivity index (χ3n) is 4.04. The van der Waals surface area contributed by atoms with Gasteiger partial charge in [-0.25, -0.2) is 0 Å². The average molecular weight is 275 g/mol. The molecule has 1 nitrogen and oxygen atoms in total. The van der Waals surface area contributed by atoms with Crippen molar-refractivity contribution in [1.29, 1.82) is 0 Å². The number of ether oxygens (including phenoxy) is 1. The van der Waals surface area contributed by atoms with Crippen LogP contribution in [0.1, 0.15) is 52.4 Å². The molecule has 15 heavy (non-hydrogen) atoms. The highest BCUT2D eigenvalue weighted by atomic mass is 79.9. The fourth-order valence-electron chi connectivity index (χ4n) is 3.10. The first kappa shape index (κ1) is 11.9. The van der Waals surface area contributed by atoms with Crippen molar-refractivity contribution in [3.8, 4) is 0 Å². The van der Waals surface area contributed by atoms with E-state index in [4.69, 9.17) is 4.74 Å². The van der Waals surface area contributed by atoms with Crippen LogP contribution in [0.4, 0.5) is 0 Å². The summed E-state index contributed by atoms with van der Waals surface area (Å²) in [5.41, 5.74) is 0. The zero-order valence-corrected chi connectivity index (χ0v) is 11.5. The number of hydrogen-bond donors (Lipinski definition) is 0. The van der Waals surface area contributed by atoms with Crippen LogP contribution in [0.3, 0.4) is 0 Å². The van der Waals surface area contributed by atoms with E-state index >= 15 is 0 Å². The summed E-state index contributed by atoms with van der Waals surface area (Å²) in [5.74, 6) is 1.77. The Balaban J connectivity index is 1.82. The van der Waals surface area contributed by atoms with E-state index in [1.54, 1.807) is 0 Å². The van der Waals surface area contributed by atoms with E-state index < -0.39 is 0 Å². The summed E-state index contributed by atoms with van der Waals surface area (Å²) in [4.78, 5) is 0.744. The van der Waals surface area contributed by atoms with Crippen molar-refractivity contribution in [3.05, 3.63) is 0 Å². The van der Waals surface area contributed by atoms with Crippen LogP contribution in [-0.4, -0.2) is 17.0 Å². The van der Waals surface area contributed by atoms with Gasteiger partial charge in [0, 0.05) is 4.83 Å². The maximum Gasteiger partial charge on any atom is 0.0582 e. The standard InChI is InChI=1S/C13H23BrO/c1-9-3-6-13(14)11(7-9)8-12-5-4-10(2)15-12/h9-13H,3-8H2,1-2H3. The first-order chi connectivity index (χ1) is 7.15. The molecular formula is C13H23BrO. The highest BCUT2D eigenvalue weighted by Gasteiger charge is 2.31. The quantitative estimate of drug-likeness (QED) is 0.688. The van der Waals surface area contributed by atoms with Gasteiger partial charge in [0.1, 0.15) is 0 Å². The molecule has 1 saturated carbocycles. The Kier molecular flexibility index (Phi) is 4.11. The van der Waals surface area contributed by atoms with Crippen LogP contribution < -0.4 is 0 Å². The van der Waals surface area contributed by atoms with Crippen molar-refractivity contribution >= 4 is 15.9 Å². The summed E-state index contributed by atoms with van der Waals surface area (Å²) in [6, 6.07) is 0. The zero-order chi connectivity index (χ0) is 10.8. The average Bonchev–Trinajstić information content (AvgIpc) is 2.58. The van der Waals surface area contributed by atoms with Gasteiger partial charge >= 0.3 is 0 Å². The van der Waals surface area contributed by atoms with Gasteiger partial charge in [-0.2, -0.15) is 0 Å². The van der Waals surface area contributed by atoms with Crippen molar-refractivity contribution in [3.63, 3.8) is 0 Å². The molecule has 0 aromatic carbocycles. The van der Waals surface area contributed by atoms with Gasteiger partial charge in [0.05, 0.1) is 12.2 Å². The highest BCUT2D eigenvalue weighted by Crippen LogP contribution is 2.38. The minimum Gasteiger partial charge on any atom is -0.375 e. The SMILES string of the molecule is CC1CCC(Br)C(CC2CCC(C)O2)C1. The lowest BCUT2D eigenvalue weighted by Gasteiger charge is -2.33. The molecule has 0 spiro atoms. The van der Waals surface area contributed by atoms with Gasteiger partial charge in [0.25, 0.3) is 0 Å². The predicted octanol–water partition coefficient (Wildman–Crippen LogP) is 4.14. The molecule has 1 saturated heterocycles. The summed E-state index contributed by atoms with van der Waals surface area (Å²) in [6.07, 6.45) is 9.03. The Morgan fingerprint density at radius 1 is 1.13 bits per heavy atom. The summed E-state index contributed by atoms with van der Waals surface area (Å²) in [7, 11) is 0. The van der Waals surface area contributed by atoms with Crippen LogP contribution in [-0.2, 0) is 4.74 Å². The Bertz CT molecular complexity index is 207. The number of halogens is 1. The van der Waals surface area contributed by atoms with Gasteiger partial charge in [-0.05, 0) is 57.3 Å². The molecule has 2 aliphatic rings. The highest BCUT2D eigenvalue weighted by molar-refractivity contribution is 9.09. The minimum atomic E-state index is 0.504. The molecule has 0 aromatic heterocycles. The van der Waals surface area contributed by atoms with Crippen molar-refractivity contribution in [1.82, 2.24) is 0 Å². The molecule has 0 N–H and O–H groups in total. The van der Waals surface area contributed by atoms with E-state index in [0.29, 0.717) is 12.2 Å². The molecule has 2 rings (SSSR count). The Hall–Kier alpha value is 0.440. The van der Waals surface area contributed by atoms with Crippen LogP contribution >= 0.6 is 15.9 Å². The summed E-state index contributed by atoms with van der Waals surface area (Å²) in [5, 5.41) is 0. The molecule has 1 aliphatic carbocycles. The molecule has 0 radical (unpaired) electrons. The van der Waals surface area contributed by atoms with Gasteiger partial charge in [-0.1, -0.05) is 22.9 Å². The maximum absolute atomic E-state index is 5.93. The van der Waals surface area contributed by atoms with Gasteiger partial charge in [-0.15, -0.1) is 0 Å². The molecule has 88 valence electrons. The molecule has 5 unspecified atom stereocenters. The zero-order valence-electron chi connectivity index (χ0n) is 9.92. The fraction of sp³-hybridized carbons (Fsp3) is 1.00. The van der Waals surface area contributed by atoms with Crippen molar-refractivity contribution in [2.75, 3.05) is 0 Å². The van der Waals surface area contributed by atoms with Gasteiger partial charge < -0.3 is 4.74 Å². The van der Waals surface area contributed by atoms with E-state index in [2.05, 4.69) is 29.8 Å². The normalized spacial score (nSPS) is 47.0. The Morgan fingerprint density at radius 2 is 1.93 bits per heavy atom. The van der Waals surface area contributed by atoms with Crippen molar-refractivity contribution < 1.29 is 4.74 Å². The van der Waals surface area contributed by atoms with E-state index in [-0.39, 0.29) is 0 Å². The van der Waals surface area contributed by atoms with E-state index in [0.717, 1.165) is 16.7 Å². The number of alkyl halides is 1. The maximum atomic E-state index is 5.93. The molecule has 0 bridgehead atoms. The number of hydrogen-bond acceptors (Lipinski definition) is 1. The van der Waals surface area contributed by atoms with Crippen molar-refractivity contribution in [2.45, 2.75) is 69.4 Å². The third kappa shape index (κ3) is 3.20. The van der Waals surface area contributed by atoms with E-state index in [1.165, 1.54) is 38.5 Å². The largest absolute Gasteiger partial charge is 0.375 e. The molecule has 2 fully saturated rings. The predicted molar refractivity (Wildman–Crippen MR) is 67.4 cm³/mol. The van der Waals surface area contributed by atoms with E-state index in [1.807, 2.05) is 0 Å². The second-order valence-corrected chi connectivity index (χ2v) is 6.75. The second-order valence-electron chi connectivity index (χ2n) is 5.58. The van der Waals surface area contributed by atoms with E-state index in [9.17, 15) is 0 Å². The summed E-state index contributed by atoms with van der Waals surface area (Å²) < 4.78 is 5.93. The van der Waals surface area contributed by atoms with Crippen LogP contribution in [0.15, 0.2) is 0 Å². The van der Waals surface area contributed by atoms with Crippen LogP contribution in [0.25, 0.3) is 0 Å².